The first-order valence-corrected chi connectivity index (χ1v) is 3.15. The van der Waals surface area contributed by atoms with Crippen LogP contribution in [0.5, 0.6) is 0 Å². The summed E-state index contributed by atoms with van der Waals surface area (Å²) in [5.41, 5.74) is 5.16. The van der Waals surface area contributed by atoms with Crippen LogP contribution in [0.2, 0.25) is 0 Å². The number of hydrogen-bond donors (Lipinski definition) is 2. The highest BCUT2D eigenvalue weighted by molar-refractivity contribution is 5.85. The van der Waals surface area contributed by atoms with E-state index in [4.69, 9.17) is 11.1 Å². The van der Waals surface area contributed by atoms with Gasteiger partial charge in [-0.15, -0.1) is 0 Å². The summed E-state index contributed by atoms with van der Waals surface area (Å²) in [6, 6.07) is -0.414. The van der Waals surface area contributed by atoms with Gasteiger partial charge < -0.3 is 15.4 Å². The number of carbonyl (C=O) groups is 1. The summed E-state index contributed by atoms with van der Waals surface area (Å²) in [7, 11) is 2.81. The van der Waals surface area contributed by atoms with Crippen molar-refractivity contribution in [2.45, 2.75) is 13.0 Å². The highest BCUT2D eigenvalue weighted by Gasteiger charge is 2.17. The number of rotatable bonds is 2. The van der Waals surface area contributed by atoms with Crippen molar-refractivity contribution in [1.82, 2.24) is 4.90 Å². The number of ether oxygens (including phenoxy) is 1. The van der Waals surface area contributed by atoms with Crippen molar-refractivity contribution in [2.75, 3.05) is 14.2 Å². The lowest BCUT2D eigenvalue weighted by atomic mass is 10.3. The minimum atomic E-state index is -0.493. The monoisotopic (exact) mass is 159 g/mol. The maximum absolute atomic E-state index is 10.8. The zero-order chi connectivity index (χ0) is 9.02. The van der Waals surface area contributed by atoms with Crippen LogP contribution in [0.15, 0.2) is 0 Å². The van der Waals surface area contributed by atoms with E-state index in [9.17, 15) is 4.79 Å². The second kappa shape index (κ2) is 3.80. The third kappa shape index (κ3) is 2.45. The topological polar surface area (TPSA) is 79.4 Å². The van der Waals surface area contributed by atoms with Crippen LogP contribution in [0.1, 0.15) is 6.92 Å². The zero-order valence-electron chi connectivity index (χ0n) is 6.92. The molecule has 0 aromatic rings. The van der Waals surface area contributed by atoms with Crippen molar-refractivity contribution in [3.63, 3.8) is 0 Å². The minimum Gasteiger partial charge on any atom is -0.453 e. The molecule has 0 aromatic heterocycles. The summed E-state index contributed by atoms with van der Waals surface area (Å²) in [5, 5.41) is 7.03. The molecule has 0 bridgehead atoms. The van der Waals surface area contributed by atoms with Crippen molar-refractivity contribution in [2.24, 2.45) is 5.73 Å². The lowest BCUT2D eigenvalue weighted by molar-refractivity contribution is 0.129. The quantitative estimate of drug-likeness (QED) is 0.440. The molecule has 0 saturated heterocycles. The second-order valence-electron chi connectivity index (χ2n) is 2.21. The number of nitrogens with zero attached hydrogens (tertiary/aromatic N) is 1. The van der Waals surface area contributed by atoms with Gasteiger partial charge in [0, 0.05) is 7.05 Å². The van der Waals surface area contributed by atoms with Crippen molar-refractivity contribution in [3.05, 3.63) is 0 Å². The molecule has 0 fully saturated rings. The molecule has 0 aliphatic heterocycles. The maximum atomic E-state index is 10.8. The normalized spacial score (nSPS) is 11.9. The van der Waals surface area contributed by atoms with Crippen molar-refractivity contribution < 1.29 is 9.53 Å². The van der Waals surface area contributed by atoms with Crippen LogP contribution in [0.3, 0.4) is 0 Å². The molecule has 0 aliphatic carbocycles. The average Bonchev–Trinajstić information content (AvgIpc) is 2.00. The number of carbonyl (C=O) groups excluding carboxylic acids is 1. The van der Waals surface area contributed by atoms with Gasteiger partial charge in [0.2, 0.25) is 0 Å². The highest BCUT2D eigenvalue weighted by atomic mass is 16.5. The number of nitrogens with one attached hydrogen (secondary N) is 1. The van der Waals surface area contributed by atoms with E-state index >= 15 is 0 Å². The molecule has 11 heavy (non-hydrogen) atoms. The van der Waals surface area contributed by atoms with Gasteiger partial charge in [0.25, 0.3) is 0 Å². The van der Waals surface area contributed by atoms with E-state index in [1.54, 1.807) is 6.92 Å². The van der Waals surface area contributed by atoms with Crippen LogP contribution in [0.25, 0.3) is 0 Å². The van der Waals surface area contributed by atoms with Gasteiger partial charge in [-0.25, -0.2) is 4.79 Å². The largest absolute Gasteiger partial charge is 0.453 e. The van der Waals surface area contributed by atoms with Gasteiger partial charge in [-0.2, -0.15) is 0 Å². The fraction of sp³-hybridized carbons (Fsp3) is 0.667. The molecule has 1 amide bonds. The van der Waals surface area contributed by atoms with E-state index in [1.807, 2.05) is 0 Å². The molecule has 0 heterocycles. The molecular formula is C6H13N3O2. The van der Waals surface area contributed by atoms with Gasteiger partial charge in [-0.1, -0.05) is 0 Å². The summed E-state index contributed by atoms with van der Waals surface area (Å²) in [6.07, 6.45) is -0.493. The first-order chi connectivity index (χ1) is 5.00. The Labute approximate surface area is 65.6 Å². The SMILES string of the molecule is COC(=O)N(C)C(C)C(=N)N. The lowest BCUT2D eigenvalue weighted by Crippen LogP contribution is -2.43. The van der Waals surface area contributed by atoms with Crippen LogP contribution < -0.4 is 5.73 Å². The minimum absolute atomic E-state index is 0.0575. The van der Waals surface area contributed by atoms with Gasteiger partial charge in [-0.05, 0) is 6.92 Å². The molecule has 0 spiro atoms. The highest BCUT2D eigenvalue weighted by Crippen LogP contribution is 1.96. The van der Waals surface area contributed by atoms with Crippen molar-refractivity contribution >= 4 is 11.9 Å². The summed E-state index contributed by atoms with van der Waals surface area (Å²) in [5.74, 6) is -0.0575. The molecule has 5 nitrogen and oxygen atoms in total. The molecule has 5 heteroatoms. The van der Waals surface area contributed by atoms with Crippen molar-refractivity contribution in [3.8, 4) is 0 Å². The molecule has 0 aromatic carbocycles. The Morgan fingerprint density at radius 3 is 2.45 bits per heavy atom. The Bertz CT molecular complexity index is 169. The van der Waals surface area contributed by atoms with E-state index in [0.717, 1.165) is 0 Å². The van der Waals surface area contributed by atoms with E-state index in [0.29, 0.717) is 0 Å². The summed E-state index contributed by atoms with van der Waals surface area (Å²) in [4.78, 5) is 12.1. The Hall–Kier alpha value is -1.26. The van der Waals surface area contributed by atoms with Gasteiger partial charge >= 0.3 is 6.09 Å². The van der Waals surface area contributed by atoms with Gasteiger partial charge in [0.1, 0.15) is 5.84 Å². The number of amidine groups is 1. The molecule has 0 rings (SSSR count). The molecule has 1 unspecified atom stereocenters. The fourth-order valence-corrected chi connectivity index (χ4v) is 0.511. The molecule has 0 aliphatic rings. The number of nitrogens with two attached hydrogens (primary N) is 1. The molecule has 0 radical (unpaired) electrons. The lowest BCUT2D eigenvalue weighted by Gasteiger charge is -2.21. The Morgan fingerprint density at radius 2 is 2.18 bits per heavy atom. The maximum Gasteiger partial charge on any atom is 0.409 e. The third-order valence-corrected chi connectivity index (χ3v) is 1.49. The zero-order valence-corrected chi connectivity index (χ0v) is 6.92. The molecule has 3 N–H and O–H groups in total. The Balaban J connectivity index is 4.12. The summed E-state index contributed by atoms with van der Waals surface area (Å²) in [6.45, 7) is 1.65. The van der Waals surface area contributed by atoms with Crippen LogP contribution in [-0.2, 0) is 4.74 Å². The standard InChI is InChI=1S/C6H13N3O2/c1-4(5(7)8)9(2)6(10)11-3/h4H,1-3H3,(H3,7,8). The smallest absolute Gasteiger partial charge is 0.409 e. The summed E-state index contributed by atoms with van der Waals surface area (Å²) < 4.78 is 4.42. The fourth-order valence-electron chi connectivity index (χ4n) is 0.511. The number of likely N-dealkylation sites (N-methyl/N-ethyl adjacent to an activating group) is 1. The number of amides is 1. The first kappa shape index (κ1) is 9.74. The Kier molecular flexibility index (Phi) is 3.36. The Morgan fingerprint density at radius 1 is 1.73 bits per heavy atom. The first-order valence-electron chi connectivity index (χ1n) is 3.15. The second-order valence-corrected chi connectivity index (χ2v) is 2.21. The van der Waals surface area contributed by atoms with Crippen LogP contribution in [-0.4, -0.2) is 37.0 Å². The predicted octanol–water partition coefficient (Wildman–Crippen LogP) is 0.00907. The summed E-state index contributed by atoms with van der Waals surface area (Å²) >= 11 is 0. The van der Waals surface area contributed by atoms with Crippen LogP contribution in [0.4, 0.5) is 4.79 Å². The van der Waals surface area contributed by atoms with Gasteiger partial charge in [-0.3, -0.25) is 5.41 Å². The predicted molar refractivity (Wildman–Crippen MR) is 41.5 cm³/mol. The van der Waals surface area contributed by atoms with Gasteiger partial charge in [0.05, 0.1) is 13.2 Å². The number of hydrogen-bond acceptors (Lipinski definition) is 3. The molecular weight excluding hydrogens is 146 g/mol. The number of methoxy groups -OCH3 is 1. The van der Waals surface area contributed by atoms with E-state index in [1.165, 1.54) is 19.1 Å². The molecule has 64 valence electrons. The van der Waals surface area contributed by atoms with E-state index in [2.05, 4.69) is 4.74 Å². The van der Waals surface area contributed by atoms with Crippen molar-refractivity contribution in [1.29, 1.82) is 5.41 Å². The van der Waals surface area contributed by atoms with Crippen LogP contribution in [0, 0.1) is 5.41 Å². The van der Waals surface area contributed by atoms with E-state index < -0.39 is 12.1 Å². The average molecular weight is 159 g/mol. The molecule has 1 atom stereocenters. The molecule has 0 saturated carbocycles. The van der Waals surface area contributed by atoms with Crippen LogP contribution >= 0.6 is 0 Å². The third-order valence-electron chi connectivity index (χ3n) is 1.49. The van der Waals surface area contributed by atoms with E-state index in [-0.39, 0.29) is 5.84 Å². The van der Waals surface area contributed by atoms with Gasteiger partial charge in [0.15, 0.2) is 0 Å².